The lowest BCUT2D eigenvalue weighted by molar-refractivity contribution is -0.134. The molecule has 3 nitrogen and oxygen atoms in total. The zero-order chi connectivity index (χ0) is 17.5. The summed E-state index contributed by atoms with van der Waals surface area (Å²) < 4.78 is 26.2. The summed E-state index contributed by atoms with van der Waals surface area (Å²) in [6, 6.07) is 7.64. The molecule has 128 valence electrons. The Hall–Kier alpha value is -2.30. The zero-order valence-corrected chi connectivity index (χ0v) is 14.0. The van der Waals surface area contributed by atoms with Crippen LogP contribution < -0.4 is 0 Å². The molecule has 1 aromatic carbocycles. The smallest absolute Gasteiger partial charge is 0.223 e. The maximum Gasteiger partial charge on any atom is 0.223 e. The number of amides is 1. The summed E-state index contributed by atoms with van der Waals surface area (Å²) in [6.07, 6.45) is 4.91. The van der Waals surface area contributed by atoms with Gasteiger partial charge in [0.05, 0.1) is 0 Å². The number of hydrogen-bond donors (Lipinski definition) is 0. The van der Waals surface area contributed by atoms with Crippen LogP contribution in [0, 0.1) is 11.6 Å². The van der Waals surface area contributed by atoms with Gasteiger partial charge in [0, 0.05) is 31.4 Å². The summed E-state index contributed by atoms with van der Waals surface area (Å²) in [5.41, 5.74) is 1.64. The normalized spacial score (nSPS) is 12.0. The van der Waals surface area contributed by atoms with Crippen molar-refractivity contribution in [2.45, 2.75) is 45.7 Å². The van der Waals surface area contributed by atoms with Gasteiger partial charge in [-0.05, 0) is 55.2 Å². The number of aromatic nitrogens is 1. The van der Waals surface area contributed by atoms with E-state index in [9.17, 15) is 13.6 Å². The average molecular weight is 332 g/mol. The van der Waals surface area contributed by atoms with Gasteiger partial charge < -0.3 is 4.90 Å². The van der Waals surface area contributed by atoms with Gasteiger partial charge in [0.1, 0.15) is 0 Å². The summed E-state index contributed by atoms with van der Waals surface area (Å²) in [7, 11) is 0. The molecule has 0 aliphatic rings. The SMILES string of the molecule is CC[C@@H](C)N(Cc1ccncc1)C(=O)CCc1ccc(F)c(F)c1. The van der Waals surface area contributed by atoms with Gasteiger partial charge in [0.15, 0.2) is 11.6 Å². The molecule has 1 atom stereocenters. The van der Waals surface area contributed by atoms with Crippen molar-refractivity contribution in [2.24, 2.45) is 0 Å². The molecule has 0 bridgehead atoms. The van der Waals surface area contributed by atoms with E-state index < -0.39 is 11.6 Å². The summed E-state index contributed by atoms with van der Waals surface area (Å²) in [5.74, 6) is -1.74. The Labute approximate surface area is 141 Å². The van der Waals surface area contributed by atoms with E-state index in [1.807, 2.05) is 30.9 Å². The van der Waals surface area contributed by atoms with Crippen molar-refractivity contribution < 1.29 is 13.6 Å². The van der Waals surface area contributed by atoms with E-state index >= 15 is 0 Å². The van der Waals surface area contributed by atoms with Gasteiger partial charge in [-0.25, -0.2) is 8.78 Å². The predicted molar refractivity (Wildman–Crippen MR) is 89.2 cm³/mol. The van der Waals surface area contributed by atoms with Crippen molar-refractivity contribution in [2.75, 3.05) is 0 Å². The molecule has 0 radical (unpaired) electrons. The maximum absolute atomic E-state index is 13.3. The van der Waals surface area contributed by atoms with E-state index in [0.29, 0.717) is 18.5 Å². The fourth-order valence-corrected chi connectivity index (χ4v) is 2.49. The van der Waals surface area contributed by atoms with Gasteiger partial charge in [-0.15, -0.1) is 0 Å². The fourth-order valence-electron chi connectivity index (χ4n) is 2.49. The van der Waals surface area contributed by atoms with E-state index in [1.54, 1.807) is 12.4 Å². The second kappa shape index (κ2) is 8.52. The Kier molecular flexibility index (Phi) is 6.41. The Morgan fingerprint density at radius 3 is 2.46 bits per heavy atom. The average Bonchev–Trinajstić information content (AvgIpc) is 2.60. The number of nitrogens with zero attached hydrogens (tertiary/aromatic N) is 2. The van der Waals surface area contributed by atoms with Crippen LogP contribution in [0.25, 0.3) is 0 Å². The van der Waals surface area contributed by atoms with Crippen molar-refractivity contribution >= 4 is 5.91 Å². The molecule has 24 heavy (non-hydrogen) atoms. The number of carbonyl (C=O) groups excluding carboxylic acids is 1. The minimum Gasteiger partial charge on any atom is -0.336 e. The van der Waals surface area contributed by atoms with Crippen LogP contribution in [0.1, 0.15) is 37.8 Å². The van der Waals surface area contributed by atoms with Gasteiger partial charge in [-0.3, -0.25) is 9.78 Å². The van der Waals surface area contributed by atoms with Crippen LogP contribution in [-0.2, 0) is 17.8 Å². The molecule has 1 aromatic heterocycles. The lowest BCUT2D eigenvalue weighted by atomic mass is 10.1. The topological polar surface area (TPSA) is 33.2 Å². The quantitative estimate of drug-likeness (QED) is 0.764. The molecule has 0 unspecified atom stereocenters. The highest BCUT2D eigenvalue weighted by atomic mass is 19.2. The van der Waals surface area contributed by atoms with Gasteiger partial charge in [0.2, 0.25) is 5.91 Å². The van der Waals surface area contributed by atoms with Crippen LogP contribution in [0.5, 0.6) is 0 Å². The van der Waals surface area contributed by atoms with Crippen LogP contribution in [-0.4, -0.2) is 21.8 Å². The lowest BCUT2D eigenvalue weighted by Gasteiger charge is -2.29. The Morgan fingerprint density at radius 1 is 1.12 bits per heavy atom. The highest BCUT2D eigenvalue weighted by Crippen LogP contribution is 2.15. The van der Waals surface area contributed by atoms with E-state index in [2.05, 4.69) is 4.98 Å². The number of pyridine rings is 1. The number of halogens is 2. The minimum absolute atomic E-state index is 0.00546. The second-order valence-electron chi connectivity index (χ2n) is 5.88. The van der Waals surface area contributed by atoms with Crippen LogP contribution in [0.15, 0.2) is 42.7 Å². The number of carbonyl (C=O) groups is 1. The molecule has 0 spiro atoms. The first-order valence-corrected chi connectivity index (χ1v) is 8.13. The minimum atomic E-state index is -0.879. The van der Waals surface area contributed by atoms with E-state index in [-0.39, 0.29) is 18.4 Å². The highest BCUT2D eigenvalue weighted by molar-refractivity contribution is 5.76. The standard InChI is InChI=1S/C19H22F2N2O/c1-3-14(2)23(13-16-8-10-22-11-9-16)19(24)7-5-15-4-6-17(20)18(21)12-15/h4,6,8-12,14H,3,5,7,13H2,1-2H3/t14-/m1/s1. The molecule has 2 rings (SSSR count). The highest BCUT2D eigenvalue weighted by Gasteiger charge is 2.19. The Morgan fingerprint density at radius 2 is 1.83 bits per heavy atom. The Bertz CT molecular complexity index is 676. The van der Waals surface area contributed by atoms with Crippen LogP contribution in [0.3, 0.4) is 0 Å². The molecule has 1 amide bonds. The molecular formula is C19H22F2N2O. The molecule has 2 aromatic rings. The molecular weight excluding hydrogens is 310 g/mol. The van der Waals surface area contributed by atoms with Crippen molar-refractivity contribution in [3.05, 3.63) is 65.5 Å². The predicted octanol–water partition coefficient (Wildman–Crippen LogP) is 4.12. The maximum atomic E-state index is 13.3. The van der Waals surface area contributed by atoms with Crippen molar-refractivity contribution in [1.82, 2.24) is 9.88 Å². The summed E-state index contributed by atoms with van der Waals surface area (Å²) in [6.45, 7) is 4.57. The van der Waals surface area contributed by atoms with Crippen molar-refractivity contribution in [3.8, 4) is 0 Å². The largest absolute Gasteiger partial charge is 0.336 e. The molecule has 0 aliphatic heterocycles. The first kappa shape index (κ1) is 18.0. The molecule has 0 N–H and O–H groups in total. The number of benzene rings is 1. The van der Waals surface area contributed by atoms with E-state index in [4.69, 9.17) is 0 Å². The van der Waals surface area contributed by atoms with Gasteiger partial charge in [0.25, 0.3) is 0 Å². The van der Waals surface area contributed by atoms with Crippen molar-refractivity contribution in [3.63, 3.8) is 0 Å². The molecule has 0 fully saturated rings. The number of aryl methyl sites for hydroxylation is 1. The van der Waals surface area contributed by atoms with E-state index in [0.717, 1.165) is 24.1 Å². The third kappa shape index (κ3) is 4.85. The fraction of sp³-hybridized carbons (Fsp3) is 0.368. The van der Waals surface area contributed by atoms with Crippen LogP contribution in [0.2, 0.25) is 0 Å². The van der Waals surface area contributed by atoms with E-state index in [1.165, 1.54) is 6.07 Å². The molecule has 5 heteroatoms. The monoisotopic (exact) mass is 332 g/mol. The Balaban J connectivity index is 2.03. The molecule has 0 saturated carbocycles. The lowest BCUT2D eigenvalue weighted by Crippen LogP contribution is -2.37. The van der Waals surface area contributed by atoms with Gasteiger partial charge >= 0.3 is 0 Å². The first-order valence-electron chi connectivity index (χ1n) is 8.13. The van der Waals surface area contributed by atoms with Gasteiger partial charge in [-0.2, -0.15) is 0 Å². The van der Waals surface area contributed by atoms with Gasteiger partial charge in [-0.1, -0.05) is 13.0 Å². The first-order chi connectivity index (χ1) is 11.5. The van der Waals surface area contributed by atoms with Crippen molar-refractivity contribution in [1.29, 1.82) is 0 Å². The number of hydrogen-bond acceptors (Lipinski definition) is 2. The molecule has 0 aliphatic carbocycles. The third-order valence-corrected chi connectivity index (χ3v) is 4.16. The second-order valence-corrected chi connectivity index (χ2v) is 5.88. The zero-order valence-electron chi connectivity index (χ0n) is 14.0. The number of rotatable bonds is 7. The summed E-state index contributed by atoms with van der Waals surface area (Å²) >= 11 is 0. The molecule has 1 heterocycles. The molecule has 0 saturated heterocycles. The van der Waals surface area contributed by atoms with Crippen LogP contribution in [0.4, 0.5) is 8.78 Å². The summed E-state index contributed by atoms with van der Waals surface area (Å²) in [4.78, 5) is 18.4. The summed E-state index contributed by atoms with van der Waals surface area (Å²) in [5, 5.41) is 0. The third-order valence-electron chi connectivity index (χ3n) is 4.16. The van der Waals surface area contributed by atoms with Crippen LogP contribution >= 0.6 is 0 Å².